The van der Waals surface area contributed by atoms with Gasteiger partial charge in [-0.1, -0.05) is 12.1 Å². The predicted octanol–water partition coefficient (Wildman–Crippen LogP) is 3.91. The SMILES string of the molecule is CC(Nc1ccc(F)cc1)c1cccc([N+](=O)[O-])c1. The lowest BCUT2D eigenvalue weighted by atomic mass is 10.1. The summed E-state index contributed by atoms with van der Waals surface area (Å²) in [6, 6.07) is 12.3. The molecular weight excluding hydrogens is 247 g/mol. The molecule has 5 heteroatoms. The molecule has 0 radical (unpaired) electrons. The van der Waals surface area contributed by atoms with E-state index >= 15 is 0 Å². The van der Waals surface area contributed by atoms with Crippen LogP contribution in [0.5, 0.6) is 0 Å². The van der Waals surface area contributed by atoms with Crippen LogP contribution in [-0.2, 0) is 0 Å². The van der Waals surface area contributed by atoms with Crippen molar-refractivity contribution in [2.75, 3.05) is 5.32 Å². The van der Waals surface area contributed by atoms with Crippen LogP contribution in [0.3, 0.4) is 0 Å². The van der Waals surface area contributed by atoms with Crippen LogP contribution in [0.2, 0.25) is 0 Å². The quantitative estimate of drug-likeness (QED) is 0.669. The summed E-state index contributed by atoms with van der Waals surface area (Å²) < 4.78 is 12.8. The number of hydrogen-bond acceptors (Lipinski definition) is 3. The fraction of sp³-hybridized carbons (Fsp3) is 0.143. The summed E-state index contributed by atoms with van der Waals surface area (Å²) in [5, 5.41) is 13.9. The van der Waals surface area contributed by atoms with Crippen molar-refractivity contribution in [1.82, 2.24) is 0 Å². The van der Waals surface area contributed by atoms with Crippen molar-refractivity contribution >= 4 is 11.4 Å². The molecule has 4 nitrogen and oxygen atoms in total. The van der Waals surface area contributed by atoms with Gasteiger partial charge in [-0.2, -0.15) is 0 Å². The largest absolute Gasteiger partial charge is 0.379 e. The van der Waals surface area contributed by atoms with E-state index in [-0.39, 0.29) is 17.5 Å². The average molecular weight is 260 g/mol. The fourth-order valence-corrected chi connectivity index (χ4v) is 1.79. The molecule has 1 unspecified atom stereocenters. The molecule has 98 valence electrons. The van der Waals surface area contributed by atoms with Crippen LogP contribution in [0.25, 0.3) is 0 Å². The van der Waals surface area contributed by atoms with E-state index in [9.17, 15) is 14.5 Å². The molecule has 2 aromatic rings. The normalized spacial score (nSPS) is 11.9. The zero-order chi connectivity index (χ0) is 13.8. The van der Waals surface area contributed by atoms with Gasteiger partial charge in [-0.05, 0) is 36.8 Å². The average Bonchev–Trinajstić information content (AvgIpc) is 2.41. The first kappa shape index (κ1) is 13.0. The Bertz CT molecular complexity index is 584. The standard InChI is InChI=1S/C14H13FN2O2/c1-10(16-13-7-5-12(15)6-8-13)11-3-2-4-14(9-11)17(18)19/h2-10,16H,1H3. The second-order valence-corrected chi connectivity index (χ2v) is 4.23. The van der Waals surface area contributed by atoms with Crippen LogP contribution in [-0.4, -0.2) is 4.92 Å². The highest BCUT2D eigenvalue weighted by Gasteiger charge is 2.10. The molecule has 0 heterocycles. The van der Waals surface area contributed by atoms with E-state index in [0.717, 1.165) is 11.3 Å². The number of nitro groups is 1. The summed E-state index contributed by atoms with van der Waals surface area (Å²) in [6.45, 7) is 1.89. The minimum Gasteiger partial charge on any atom is -0.379 e. The minimum absolute atomic E-state index is 0.0604. The summed E-state index contributed by atoms with van der Waals surface area (Å²) in [4.78, 5) is 10.3. The van der Waals surface area contributed by atoms with Crippen molar-refractivity contribution in [2.24, 2.45) is 0 Å². The molecule has 0 aromatic heterocycles. The molecule has 1 N–H and O–H groups in total. The van der Waals surface area contributed by atoms with Gasteiger partial charge in [0.1, 0.15) is 5.82 Å². The van der Waals surface area contributed by atoms with Gasteiger partial charge in [0, 0.05) is 23.9 Å². The van der Waals surface area contributed by atoms with E-state index in [1.807, 2.05) is 13.0 Å². The van der Waals surface area contributed by atoms with E-state index in [2.05, 4.69) is 5.32 Å². The summed E-state index contributed by atoms with van der Waals surface area (Å²) >= 11 is 0. The maximum atomic E-state index is 12.8. The second-order valence-electron chi connectivity index (χ2n) is 4.23. The number of rotatable bonds is 4. The summed E-state index contributed by atoms with van der Waals surface area (Å²) in [7, 11) is 0. The molecule has 0 amide bonds. The van der Waals surface area contributed by atoms with Gasteiger partial charge in [0.25, 0.3) is 5.69 Å². The van der Waals surface area contributed by atoms with Gasteiger partial charge in [-0.3, -0.25) is 10.1 Å². The maximum absolute atomic E-state index is 12.8. The number of nitrogens with one attached hydrogen (secondary N) is 1. The Hall–Kier alpha value is -2.43. The molecular formula is C14H13FN2O2. The molecule has 19 heavy (non-hydrogen) atoms. The van der Waals surface area contributed by atoms with Gasteiger partial charge < -0.3 is 5.32 Å². The first-order valence-corrected chi connectivity index (χ1v) is 5.83. The summed E-state index contributed by atoms with van der Waals surface area (Å²) in [5.74, 6) is -0.298. The zero-order valence-electron chi connectivity index (χ0n) is 10.3. The number of non-ortho nitro benzene ring substituents is 1. The zero-order valence-corrected chi connectivity index (χ0v) is 10.3. The Morgan fingerprint density at radius 2 is 1.89 bits per heavy atom. The third-order valence-corrected chi connectivity index (χ3v) is 2.81. The molecule has 0 saturated carbocycles. The number of halogens is 1. The number of benzene rings is 2. The van der Waals surface area contributed by atoms with Gasteiger partial charge in [-0.15, -0.1) is 0 Å². The first-order valence-electron chi connectivity index (χ1n) is 5.83. The molecule has 0 aliphatic heterocycles. The molecule has 2 rings (SSSR count). The van der Waals surface area contributed by atoms with Crippen LogP contribution in [0, 0.1) is 15.9 Å². The van der Waals surface area contributed by atoms with Crippen molar-refractivity contribution in [2.45, 2.75) is 13.0 Å². The Morgan fingerprint density at radius 3 is 2.53 bits per heavy atom. The van der Waals surface area contributed by atoms with Crippen molar-refractivity contribution in [3.8, 4) is 0 Å². The van der Waals surface area contributed by atoms with Crippen molar-refractivity contribution < 1.29 is 9.31 Å². The lowest BCUT2D eigenvalue weighted by molar-refractivity contribution is -0.384. The predicted molar refractivity (Wildman–Crippen MR) is 71.5 cm³/mol. The molecule has 0 aliphatic carbocycles. The Labute approximate surface area is 110 Å². The van der Waals surface area contributed by atoms with Crippen LogP contribution < -0.4 is 5.32 Å². The van der Waals surface area contributed by atoms with E-state index in [4.69, 9.17) is 0 Å². The molecule has 1 atom stereocenters. The highest BCUT2D eigenvalue weighted by atomic mass is 19.1. The van der Waals surface area contributed by atoms with Crippen LogP contribution in [0.15, 0.2) is 48.5 Å². The lowest BCUT2D eigenvalue weighted by Crippen LogP contribution is -2.06. The van der Waals surface area contributed by atoms with Crippen molar-refractivity contribution in [3.05, 3.63) is 70.0 Å². The van der Waals surface area contributed by atoms with Crippen LogP contribution in [0.4, 0.5) is 15.8 Å². The van der Waals surface area contributed by atoms with Crippen molar-refractivity contribution in [3.63, 3.8) is 0 Å². The molecule has 2 aromatic carbocycles. The topological polar surface area (TPSA) is 55.2 Å². The Morgan fingerprint density at radius 1 is 1.21 bits per heavy atom. The molecule has 0 bridgehead atoms. The Kier molecular flexibility index (Phi) is 3.75. The summed E-state index contributed by atoms with van der Waals surface area (Å²) in [5.41, 5.74) is 1.63. The second kappa shape index (κ2) is 5.48. The van der Waals surface area contributed by atoms with Gasteiger partial charge >= 0.3 is 0 Å². The van der Waals surface area contributed by atoms with Crippen LogP contribution in [0.1, 0.15) is 18.5 Å². The molecule has 0 spiro atoms. The van der Waals surface area contributed by atoms with E-state index < -0.39 is 4.92 Å². The third-order valence-electron chi connectivity index (χ3n) is 2.81. The number of nitrogens with zero attached hydrogens (tertiary/aromatic N) is 1. The van der Waals surface area contributed by atoms with Crippen LogP contribution >= 0.6 is 0 Å². The minimum atomic E-state index is -0.423. The van der Waals surface area contributed by atoms with Gasteiger partial charge in [0.15, 0.2) is 0 Å². The Balaban J connectivity index is 2.15. The maximum Gasteiger partial charge on any atom is 0.269 e. The number of anilines is 1. The number of hydrogen-bond donors (Lipinski definition) is 1. The van der Waals surface area contributed by atoms with E-state index in [1.165, 1.54) is 24.3 Å². The molecule has 0 saturated heterocycles. The molecule has 0 fully saturated rings. The van der Waals surface area contributed by atoms with Crippen molar-refractivity contribution in [1.29, 1.82) is 0 Å². The van der Waals surface area contributed by atoms with Gasteiger partial charge in [-0.25, -0.2) is 4.39 Å². The third kappa shape index (κ3) is 3.28. The van der Waals surface area contributed by atoms with E-state index in [1.54, 1.807) is 18.2 Å². The fourth-order valence-electron chi connectivity index (χ4n) is 1.79. The van der Waals surface area contributed by atoms with E-state index in [0.29, 0.717) is 0 Å². The first-order chi connectivity index (χ1) is 9.06. The number of nitro benzene ring substituents is 1. The van der Waals surface area contributed by atoms with Gasteiger partial charge in [0.05, 0.1) is 4.92 Å². The molecule has 0 aliphatic rings. The highest BCUT2D eigenvalue weighted by molar-refractivity contribution is 5.46. The smallest absolute Gasteiger partial charge is 0.269 e. The lowest BCUT2D eigenvalue weighted by Gasteiger charge is -2.15. The van der Waals surface area contributed by atoms with Gasteiger partial charge in [0.2, 0.25) is 0 Å². The highest BCUT2D eigenvalue weighted by Crippen LogP contribution is 2.22. The monoisotopic (exact) mass is 260 g/mol. The summed E-state index contributed by atoms with van der Waals surface area (Å²) in [6.07, 6.45) is 0.